The number of benzene rings is 1. The maximum absolute atomic E-state index is 12.3. The molecular formula is C14H7BrN2O4. The molecule has 1 aromatic heterocycles. The van der Waals surface area contributed by atoms with E-state index in [4.69, 9.17) is 5.11 Å². The van der Waals surface area contributed by atoms with E-state index in [-0.39, 0.29) is 16.7 Å². The first-order chi connectivity index (χ1) is 10.0. The standard InChI is InChI=1S/C14H7BrN2O4/c15-10-5-7(14(20)21)1-2-11(10)17-12(18)8-3-4-16-6-9(8)13(17)19/h1-6H,(H,20,21). The number of nitrogens with zero attached hydrogens (tertiary/aromatic N) is 2. The smallest absolute Gasteiger partial charge is 0.335 e. The van der Waals surface area contributed by atoms with Crippen LogP contribution in [0.1, 0.15) is 31.1 Å². The van der Waals surface area contributed by atoms with Crippen LogP contribution in [0.15, 0.2) is 41.1 Å². The second kappa shape index (κ2) is 4.78. The van der Waals surface area contributed by atoms with Crippen LogP contribution in [0.25, 0.3) is 0 Å². The normalized spacial score (nSPS) is 13.5. The highest BCUT2D eigenvalue weighted by atomic mass is 79.9. The van der Waals surface area contributed by atoms with Gasteiger partial charge in [0.2, 0.25) is 0 Å². The third-order valence-electron chi connectivity index (χ3n) is 3.12. The van der Waals surface area contributed by atoms with E-state index in [0.717, 1.165) is 4.90 Å². The van der Waals surface area contributed by atoms with Crippen molar-refractivity contribution in [3.8, 4) is 0 Å². The molecule has 1 aromatic carbocycles. The first-order valence-corrected chi connectivity index (χ1v) is 6.65. The molecule has 2 aromatic rings. The summed E-state index contributed by atoms with van der Waals surface area (Å²) in [6.45, 7) is 0. The number of carboxylic acid groups (broad SMARTS) is 1. The summed E-state index contributed by atoms with van der Waals surface area (Å²) in [4.78, 5) is 40.4. The number of anilines is 1. The van der Waals surface area contributed by atoms with E-state index in [1.165, 1.54) is 36.7 Å². The predicted octanol–water partition coefficient (Wildman–Crippen LogP) is 2.34. The lowest BCUT2D eigenvalue weighted by Crippen LogP contribution is -2.29. The number of hydrogen-bond donors (Lipinski definition) is 1. The molecule has 7 heteroatoms. The Morgan fingerprint density at radius 1 is 1.14 bits per heavy atom. The number of aromatic nitrogens is 1. The number of aromatic carboxylic acids is 1. The fraction of sp³-hybridized carbons (Fsp3) is 0. The maximum atomic E-state index is 12.3. The van der Waals surface area contributed by atoms with Crippen molar-refractivity contribution >= 4 is 39.4 Å². The van der Waals surface area contributed by atoms with Crippen LogP contribution in [-0.4, -0.2) is 27.9 Å². The second-order valence-electron chi connectivity index (χ2n) is 4.34. The zero-order chi connectivity index (χ0) is 15.1. The van der Waals surface area contributed by atoms with E-state index in [2.05, 4.69) is 20.9 Å². The van der Waals surface area contributed by atoms with Crippen molar-refractivity contribution in [2.45, 2.75) is 0 Å². The Balaban J connectivity index is 2.09. The summed E-state index contributed by atoms with van der Waals surface area (Å²) in [5, 5.41) is 8.93. The molecule has 2 amide bonds. The van der Waals surface area contributed by atoms with Gasteiger partial charge in [0.05, 0.1) is 22.4 Å². The van der Waals surface area contributed by atoms with E-state index in [9.17, 15) is 14.4 Å². The summed E-state index contributed by atoms with van der Waals surface area (Å²) in [5.41, 5.74) is 0.871. The van der Waals surface area contributed by atoms with E-state index in [0.29, 0.717) is 10.2 Å². The third kappa shape index (κ3) is 2.02. The maximum Gasteiger partial charge on any atom is 0.335 e. The van der Waals surface area contributed by atoms with Gasteiger partial charge in [0.1, 0.15) is 0 Å². The monoisotopic (exact) mass is 346 g/mol. The summed E-state index contributed by atoms with van der Waals surface area (Å²) in [7, 11) is 0. The number of carbonyl (C=O) groups excluding carboxylic acids is 2. The number of rotatable bonds is 2. The van der Waals surface area contributed by atoms with E-state index in [1.54, 1.807) is 0 Å². The van der Waals surface area contributed by atoms with Crippen LogP contribution < -0.4 is 4.90 Å². The number of pyridine rings is 1. The highest BCUT2D eigenvalue weighted by Gasteiger charge is 2.37. The van der Waals surface area contributed by atoms with Crippen molar-refractivity contribution in [1.82, 2.24) is 4.98 Å². The molecule has 3 rings (SSSR count). The van der Waals surface area contributed by atoms with Gasteiger partial charge in [-0.1, -0.05) is 0 Å². The molecule has 0 bridgehead atoms. The molecule has 0 spiro atoms. The summed E-state index contributed by atoms with van der Waals surface area (Å²) >= 11 is 3.20. The van der Waals surface area contributed by atoms with Gasteiger partial charge < -0.3 is 5.11 Å². The highest BCUT2D eigenvalue weighted by Crippen LogP contribution is 2.33. The summed E-state index contributed by atoms with van der Waals surface area (Å²) in [6, 6.07) is 5.58. The van der Waals surface area contributed by atoms with Gasteiger partial charge in [0.15, 0.2) is 0 Å². The Morgan fingerprint density at radius 2 is 1.86 bits per heavy atom. The average Bonchev–Trinajstić information content (AvgIpc) is 2.72. The van der Waals surface area contributed by atoms with Gasteiger partial charge in [-0.2, -0.15) is 0 Å². The SMILES string of the molecule is O=C(O)c1ccc(N2C(=O)c3ccncc3C2=O)c(Br)c1. The van der Waals surface area contributed by atoms with Gasteiger partial charge in [0, 0.05) is 16.9 Å². The molecule has 0 atom stereocenters. The fourth-order valence-corrected chi connectivity index (χ4v) is 2.68. The minimum atomic E-state index is -1.09. The first-order valence-electron chi connectivity index (χ1n) is 5.86. The Kier molecular flexibility index (Phi) is 3.06. The predicted molar refractivity (Wildman–Crippen MR) is 76.5 cm³/mol. The van der Waals surface area contributed by atoms with E-state index in [1.807, 2.05) is 0 Å². The van der Waals surface area contributed by atoms with Gasteiger partial charge in [-0.3, -0.25) is 14.6 Å². The molecule has 1 aliphatic heterocycles. The van der Waals surface area contributed by atoms with Crippen LogP contribution in [-0.2, 0) is 0 Å². The third-order valence-corrected chi connectivity index (χ3v) is 3.76. The minimum Gasteiger partial charge on any atom is -0.478 e. The van der Waals surface area contributed by atoms with Crippen LogP contribution in [0.3, 0.4) is 0 Å². The van der Waals surface area contributed by atoms with Crippen molar-refractivity contribution in [2.24, 2.45) is 0 Å². The molecule has 0 unspecified atom stereocenters. The first kappa shape index (κ1) is 13.4. The Hall–Kier alpha value is -2.54. The number of fused-ring (bicyclic) bond motifs is 1. The Morgan fingerprint density at radius 3 is 2.48 bits per heavy atom. The van der Waals surface area contributed by atoms with Crippen LogP contribution in [0.4, 0.5) is 5.69 Å². The zero-order valence-electron chi connectivity index (χ0n) is 10.4. The molecule has 21 heavy (non-hydrogen) atoms. The van der Waals surface area contributed by atoms with Crippen LogP contribution >= 0.6 is 15.9 Å². The average molecular weight is 347 g/mol. The van der Waals surface area contributed by atoms with E-state index >= 15 is 0 Å². The van der Waals surface area contributed by atoms with Crippen molar-refractivity contribution in [3.05, 3.63) is 57.8 Å². The number of carbonyl (C=O) groups is 3. The number of carboxylic acids is 1. The van der Waals surface area contributed by atoms with Gasteiger partial charge in [0.25, 0.3) is 11.8 Å². The van der Waals surface area contributed by atoms with Gasteiger partial charge in [-0.15, -0.1) is 0 Å². The zero-order valence-corrected chi connectivity index (χ0v) is 12.0. The lowest BCUT2D eigenvalue weighted by Gasteiger charge is -2.15. The number of amides is 2. The molecule has 0 radical (unpaired) electrons. The number of imide groups is 1. The molecule has 0 fully saturated rings. The number of hydrogen-bond acceptors (Lipinski definition) is 4. The lowest BCUT2D eigenvalue weighted by molar-refractivity contribution is 0.0696. The summed E-state index contributed by atoms with van der Waals surface area (Å²) < 4.78 is 0.352. The van der Waals surface area contributed by atoms with Crippen LogP contribution in [0.5, 0.6) is 0 Å². The molecule has 2 heterocycles. The molecule has 0 aliphatic carbocycles. The second-order valence-corrected chi connectivity index (χ2v) is 5.19. The van der Waals surface area contributed by atoms with Gasteiger partial charge in [-0.05, 0) is 40.2 Å². The lowest BCUT2D eigenvalue weighted by atomic mass is 10.2. The fourth-order valence-electron chi connectivity index (χ4n) is 2.12. The Labute approximate surface area is 127 Å². The molecule has 1 aliphatic rings. The topological polar surface area (TPSA) is 87.6 Å². The molecule has 6 nitrogen and oxygen atoms in total. The van der Waals surface area contributed by atoms with Crippen molar-refractivity contribution in [3.63, 3.8) is 0 Å². The van der Waals surface area contributed by atoms with Crippen molar-refractivity contribution < 1.29 is 19.5 Å². The molecular weight excluding hydrogens is 340 g/mol. The minimum absolute atomic E-state index is 0.0592. The Bertz CT molecular complexity index is 768. The molecule has 1 N–H and O–H groups in total. The van der Waals surface area contributed by atoms with Crippen LogP contribution in [0, 0.1) is 0 Å². The summed E-state index contributed by atoms with van der Waals surface area (Å²) in [5.74, 6) is -2.03. The number of halogens is 1. The summed E-state index contributed by atoms with van der Waals surface area (Å²) in [6.07, 6.45) is 2.78. The van der Waals surface area contributed by atoms with E-state index < -0.39 is 17.8 Å². The van der Waals surface area contributed by atoms with Crippen molar-refractivity contribution in [2.75, 3.05) is 4.90 Å². The van der Waals surface area contributed by atoms with Crippen molar-refractivity contribution in [1.29, 1.82) is 0 Å². The molecule has 0 saturated carbocycles. The van der Waals surface area contributed by atoms with Crippen LogP contribution in [0.2, 0.25) is 0 Å². The van der Waals surface area contributed by atoms with Gasteiger partial charge >= 0.3 is 5.97 Å². The molecule has 104 valence electrons. The highest BCUT2D eigenvalue weighted by molar-refractivity contribution is 9.10. The largest absolute Gasteiger partial charge is 0.478 e. The molecule has 0 saturated heterocycles. The van der Waals surface area contributed by atoms with Gasteiger partial charge in [-0.25, -0.2) is 9.69 Å². The quantitative estimate of drug-likeness (QED) is 0.843.